The molecule has 2 aromatic carbocycles. The predicted octanol–water partition coefficient (Wildman–Crippen LogP) is 1.97. The van der Waals surface area contributed by atoms with Crippen LogP contribution in [0.5, 0.6) is 0 Å². The van der Waals surface area contributed by atoms with Crippen molar-refractivity contribution in [2.75, 3.05) is 31.6 Å². The lowest BCUT2D eigenvalue weighted by Crippen LogP contribution is -2.40. The molecule has 1 saturated heterocycles. The number of nitrogens with zero attached hydrogens (tertiary/aromatic N) is 1. The van der Waals surface area contributed by atoms with Gasteiger partial charge in [0.15, 0.2) is 0 Å². The van der Waals surface area contributed by atoms with Crippen molar-refractivity contribution in [3.05, 3.63) is 59.2 Å². The Hall–Kier alpha value is -2.75. The molecule has 1 amide bonds. The fourth-order valence-corrected chi connectivity index (χ4v) is 4.31. The van der Waals surface area contributed by atoms with Gasteiger partial charge in [-0.25, -0.2) is 13.2 Å². The van der Waals surface area contributed by atoms with Crippen molar-refractivity contribution in [3.8, 4) is 0 Å². The number of carboxylic acid groups (broad SMARTS) is 1. The molecular formula is C19H20N2O6S. The molecule has 2 aromatic rings. The zero-order chi connectivity index (χ0) is 20.3. The van der Waals surface area contributed by atoms with Gasteiger partial charge in [0.2, 0.25) is 10.0 Å². The van der Waals surface area contributed by atoms with E-state index >= 15 is 0 Å². The number of carboxylic acids is 1. The molecule has 0 bridgehead atoms. The van der Waals surface area contributed by atoms with Crippen LogP contribution < -0.4 is 5.32 Å². The van der Waals surface area contributed by atoms with E-state index in [1.807, 2.05) is 0 Å². The Balaban J connectivity index is 1.88. The van der Waals surface area contributed by atoms with Crippen molar-refractivity contribution in [1.82, 2.24) is 4.31 Å². The Morgan fingerprint density at radius 2 is 1.82 bits per heavy atom. The van der Waals surface area contributed by atoms with E-state index < -0.39 is 21.9 Å². The van der Waals surface area contributed by atoms with Crippen molar-refractivity contribution in [1.29, 1.82) is 0 Å². The maximum Gasteiger partial charge on any atom is 0.335 e. The maximum absolute atomic E-state index is 12.8. The molecule has 1 heterocycles. The number of anilines is 1. The first-order valence-electron chi connectivity index (χ1n) is 8.62. The summed E-state index contributed by atoms with van der Waals surface area (Å²) < 4.78 is 32.2. The number of hydrogen-bond donors (Lipinski definition) is 2. The molecule has 3 rings (SSSR count). The number of morpholine rings is 1. The number of benzene rings is 2. The van der Waals surface area contributed by atoms with Crippen LogP contribution in [0.2, 0.25) is 0 Å². The van der Waals surface area contributed by atoms with Crippen molar-refractivity contribution in [2.45, 2.75) is 11.8 Å². The third-order valence-corrected chi connectivity index (χ3v) is 6.32. The van der Waals surface area contributed by atoms with E-state index in [4.69, 9.17) is 9.84 Å². The van der Waals surface area contributed by atoms with Crippen molar-refractivity contribution >= 4 is 27.6 Å². The van der Waals surface area contributed by atoms with Crippen LogP contribution in [0.3, 0.4) is 0 Å². The van der Waals surface area contributed by atoms with E-state index in [1.54, 1.807) is 19.1 Å². The summed E-state index contributed by atoms with van der Waals surface area (Å²) in [5.74, 6) is -1.62. The molecule has 28 heavy (non-hydrogen) atoms. The normalized spacial score (nSPS) is 15.2. The molecule has 1 fully saturated rings. The average molecular weight is 404 g/mol. The van der Waals surface area contributed by atoms with Gasteiger partial charge in [-0.15, -0.1) is 0 Å². The van der Waals surface area contributed by atoms with E-state index in [2.05, 4.69) is 5.32 Å². The van der Waals surface area contributed by atoms with Crippen LogP contribution in [0, 0.1) is 6.92 Å². The number of sulfonamides is 1. The summed E-state index contributed by atoms with van der Waals surface area (Å²) >= 11 is 0. The first-order chi connectivity index (χ1) is 13.3. The molecular weight excluding hydrogens is 384 g/mol. The summed E-state index contributed by atoms with van der Waals surface area (Å²) in [5.41, 5.74) is 1.16. The van der Waals surface area contributed by atoms with Crippen molar-refractivity contribution in [3.63, 3.8) is 0 Å². The maximum atomic E-state index is 12.8. The van der Waals surface area contributed by atoms with Gasteiger partial charge in [-0.1, -0.05) is 12.1 Å². The Morgan fingerprint density at radius 3 is 2.50 bits per heavy atom. The van der Waals surface area contributed by atoms with Crippen LogP contribution in [0.15, 0.2) is 47.4 Å². The van der Waals surface area contributed by atoms with Gasteiger partial charge in [-0.2, -0.15) is 4.31 Å². The second-order valence-electron chi connectivity index (χ2n) is 6.33. The fraction of sp³-hybridized carbons (Fsp3) is 0.263. The second-order valence-corrected chi connectivity index (χ2v) is 8.27. The lowest BCUT2D eigenvalue weighted by Gasteiger charge is -2.26. The van der Waals surface area contributed by atoms with Crippen LogP contribution >= 0.6 is 0 Å². The highest BCUT2D eigenvalue weighted by Crippen LogP contribution is 2.22. The highest BCUT2D eigenvalue weighted by atomic mass is 32.2. The van der Waals surface area contributed by atoms with Crippen molar-refractivity contribution in [2.24, 2.45) is 0 Å². The minimum Gasteiger partial charge on any atom is -0.478 e. The molecule has 0 spiro atoms. The Bertz CT molecular complexity index is 1010. The Labute approximate surface area is 162 Å². The van der Waals surface area contributed by atoms with Crippen molar-refractivity contribution < 1.29 is 27.9 Å². The summed E-state index contributed by atoms with van der Waals surface area (Å²) in [6.07, 6.45) is 0. The molecule has 1 aliphatic rings. The first kappa shape index (κ1) is 20.0. The third-order valence-electron chi connectivity index (χ3n) is 4.43. The highest BCUT2D eigenvalue weighted by Gasteiger charge is 2.27. The molecule has 0 saturated carbocycles. The smallest absolute Gasteiger partial charge is 0.335 e. The summed E-state index contributed by atoms with van der Waals surface area (Å²) in [7, 11) is -3.73. The molecule has 2 N–H and O–H groups in total. The number of aryl methyl sites for hydroxylation is 1. The zero-order valence-corrected chi connectivity index (χ0v) is 16.0. The predicted molar refractivity (Wildman–Crippen MR) is 102 cm³/mol. The summed E-state index contributed by atoms with van der Waals surface area (Å²) in [4.78, 5) is 23.8. The number of rotatable bonds is 5. The van der Waals surface area contributed by atoms with E-state index in [1.165, 1.54) is 34.6 Å². The number of nitrogens with one attached hydrogen (secondary N) is 1. The van der Waals surface area contributed by atoms with Gasteiger partial charge in [-0.3, -0.25) is 4.79 Å². The van der Waals surface area contributed by atoms with Crippen LogP contribution in [0.1, 0.15) is 26.3 Å². The first-order valence-corrected chi connectivity index (χ1v) is 10.1. The Morgan fingerprint density at radius 1 is 1.11 bits per heavy atom. The molecule has 0 unspecified atom stereocenters. The van der Waals surface area contributed by atoms with Crippen LogP contribution in [0.25, 0.3) is 0 Å². The van der Waals surface area contributed by atoms with Gasteiger partial charge in [0.05, 0.1) is 23.7 Å². The molecule has 9 heteroatoms. The molecule has 0 aromatic heterocycles. The monoisotopic (exact) mass is 404 g/mol. The second kappa shape index (κ2) is 8.09. The molecule has 148 valence electrons. The van der Waals surface area contributed by atoms with Gasteiger partial charge in [0.25, 0.3) is 5.91 Å². The highest BCUT2D eigenvalue weighted by molar-refractivity contribution is 7.89. The standard InChI is InChI=1S/C19H20N2O6S/c1-13-5-6-16(28(25,26)21-7-9-27-10-8-21)12-17(13)18(22)20-15-4-2-3-14(11-15)19(23)24/h2-6,11-12H,7-10H2,1H3,(H,20,22)(H,23,24). The number of ether oxygens (including phenoxy) is 1. The third kappa shape index (κ3) is 4.22. The van der Waals surface area contributed by atoms with Crippen LogP contribution in [0.4, 0.5) is 5.69 Å². The fourth-order valence-electron chi connectivity index (χ4n) is 2.87. The molecule has 0 aliphatic carbocycles. The van der Waals surface area contributed by atoms with Gasteiger partial charge >= 0.3 is 5.97 Å². The van der Waals surface area contributed by atoms with Crippen LogP contribution in [-0.2, 0) is 14.8 Å². The molecule has 0 radical (unpaired) electrons. The minimum absolute atomic E-state index is 0.0319. The van der Waals surface area contributed by atoms with Gasteiger partial charge < -0.3 is 15.2 Å². The van der Waals surface area contributed by atoms with Gasteiger partial charge in [0.1, 0.15) is 0 Å². The zero-order valence-electron chi connectivity index (χ0n) is 15.2. The summed E-state index contributed by atoms with van der Waals surface area (Å²) in [6.45, 7) is 2.89. The summed E-state index contributed by atoms with van der Waals surface area (Å²) in [6, 6.07) is 10.2. The molecule has 1 aliphatic heterocycles. The number of carbonyl (C=O) groups excluding carboxylic acids is 1. The number of aromatic carboxylic acids is 1. The largest absolute Gasteiger partial charge is 0.478 e. The number of amides is 1. The quantitative estimate of drug-likeness (QED) is 0.788. The van der Waals surface area contributed by atoms with E-state index in [0.717, 1.165) is 0 Å². The minimum atomic E-state index is -3.73. The topological polar surface area (TPSA) is 113 Å². The molecule has 8 nitrogen and oxygen atoms in total. The van der Waals surface area contributed by atoms with Crippen LogP contribution in [-0.4, -0.2) is 56.0 Å². The van der Waals surface area contributed by atoms with Gasteiger partial charge in [-0.05, 0) is 42.8 Å². The molecule has 0 atom stereocenters. The van der Waals surface area contributed by atoms with E-state index in [0.29, 0.717) is 24.5 Å². The number of carbonyl (C=O) groups is 2. The van der Waals surface area contributed by atoms with Gasteiger partial charge in [0, 0.05) is 24.3 Å². The van der Waals surface area contributed by atoms with E-state index in [9.17, 15) is 18.0 Å². The lowest BCUT2D eigenvalue weighted by molar-refractivity contribution is 0.0696. The Kier molecular flexibility index (Phi) is 5.78. The van der Waals surface area contributed by atoms with E-state index in [-0.39, 0.29) is 29.1 Å². The number of hydrogen-bond acceptors (Lipinski definition) is 5. The average Bonchev–Trinajstić information content (AvgIpc) is 2.69. The lowest BCUT2D eigenvalue weighted by atomic mass is 10.1. The summed E-state index contributed by atoms with van der Waals surface area (Å²) in [5, 5.41) is 11.7. The SMILES string of the molecule is Cc1ccc(S(=O)(=O)N2CCOCC2)cc1C(=O)Nc1cccc(C(=O)O)c1.